The van der Waals surface area contributed by atoms with E-state index in [1.807, 2.05) is 24.4 Å². The summed E-state index contributed by atoms with van der Waals surface area (Å²) >= 11 is 2.71. The number of hydrogen-bond donors (Lipinski definition) is 2. The van der Waals surface area contributed by atoms with Gasteiger partial charge in [-0.15, -0.1) is 22.7 Å². The first-order chi connectivity index (χ1) is 11.9. The molecule has 3 heterocycles. The molecule has 0 unspecified atom stereocenters. The summed E-state index contributed by atoms with van der Waals surface area (Å²) in [4.78, 5) is 22.9. The number of carbonyl (C=O) groups is 1. The highest BCUT2D eigenvalue weighted by Crippen LogP contribution is 2.36. The minimum absolute atomic E-state index is 0.244. The van der Waals surface area contributed by atoms with Gasteiger partial charge in [0.1, 0.15) is 9.71 Å². The highest BCUT2D eigenvalue weighted by Gasteiger charge is 2.19. The van der Waals surface area contributed by atoms with Crippen molar-refractivity contribution < 1.29 is 4.79 Å². The number of pyridine rings is 1. The summed E-state index contributed by atoms with van der Waals surface area (Å²) in [5, 5.41) is 7.13. The lowest BCUT2D eigenvalue weighted by Crippen LogP contribution is -2.11. The fourth-order valence-corrected chi connectivity index (χ4v) is 4.40. The summed E-state index contributed by atoms with van der Waals surface area (Å²) in [5.74, 6) is -0.244. The lowest BCUT2D eigenvalue weighted by atomic mass is 10.0. The Morgan fingerprint density at radius 1 is 1.20 bits per heavy atom. The molecule has 0 saturated carbocycles. The van der Waals surface area contributed by atoms with E-state index in [-0.39, 0.29) is 5.91 Å². The Bertz CT molecular complexity index is 1140. The van der Waals surface area contributed by atoms with Crippen LogP contribution in [0.5, 0.6) is 0 Å². The number of aryl methyl sites for hydroxylation is 3. The van der Waals surface area contributed by atoms with Gasteiger partial charge in [0.05, 0.1) is 16.9 Å². The van der Waals surface area contributed by atoms with Crippen LogP contribution in [0.15, 0.2) is 23.6 Å². The Hall–Kier alpha value is -2.51. The van der Waals surface area contributed by atoms with Crippen LogP contribution in [0.3, 0.4) is 0 Å². The number of aromatic nitrogens is 2. The van der Waals surface area contributed by atoms with Crippen LogP contribution in [-0.2, 0) is 0 Å². The number of hydrogen-bond acceptors (Lipinski definition) is 6. The van der Waals surface area contributed by atoms with Crippen LogP contribution in [0.1, 0.15) is 26.5 Å². The molecule has 3 aromatic heterocycles. The second-order valence-corrected chi connectivity index (χ2v) is 7.87. The highest BCUT2D eigenvalue weighted by molar-refractivity contribution is 7.21. The third-order valence-corrected chi connectivity index (χ3v) is 6.25. The molecule has 4 aromatic rings. The third kappa shape index (κ3) is 2.65. The fraction of sp³-hybridized carbons (Fsp3) is 0.167. The zero-order valence-corrected chi connectivity index (χ0v) is 15.6. The molecule has 4 rings (SSSR count). The number of anilines is 2. The van der Waals surface area contributed by atoms with Crippen LogP contribution in [0.25, 0.3) is 21.1 Å². The van der Waals surface area contributed by atoms with Crippen LogP contribution in [-0.4, -0.2) is 15.9 Å². The average molecular weight is 368 g/mol. The maximum Gasteiger partial charge on any atom is 0.269 e. The number of rotatable bonds is 2. The van der Waals surface area contributed by atoms with Gasteiger partial charge in [-0.25, -0.2) is 9.97 Å². The molecule has 126 valence electrons. The molecule has 0 aliphatic heterocycles. The van der Waals surface area contributed by atoms with Gasteiger partial charge in [-0.3, -0.25) is 10.1 Å². The number of benzene rings is 1. The van der Waals surface area contributed by atoms with Crippen molar-refractivity contribution in [2.24, 2.45) is 0 Å². The maximum absolute atomic E-state index is 12.6. The zero-order chi connectivity index (χ0) is 17.7. The van der Waals surface area contributed by atoms with Crippen LogP contribution in [0.4, 0.5) is 10.8 Å². The number of nitrogens with zero attached hydrogens (tertiary/aromatic N) is 2. The molecule has 3 N–H and O–H groups in total. The highest BCUT2D eigenvalue weighted by atomic mass is 32.1. The molecule has 1 aromatic carbocycles. The van der Waals surface area contributed by atoms with Crippen LogP contribution in [0.2, 0.25) is 0 Å². The summed E-state index contributed by atoms with van der Waals surface area (Å²) in [6.45, 7) is 6.02. The molecule has 0 fully saturated rings. The average Bonchev–Trinajstić information content (AvgIpc) is 3.13. The molecule has 7 heteroatoms. The Morgan fingerprint density at radius 3 is 2.72 bits per heavy atom. The number of thiazole rings is 1. The molecule has 25 heavy (non-hydrogen) atoms. The maximum atomic E-state index is 12.6. The second kappa shape index (κ2) is 5.79. The molecule has 0 aliphatic rings. The van der Waals surface area contributed by atoms with E-state index in [2.05, 4.69) is 30.2 Å². The number of amides is 1. The number of thiophene rings is 1. The van der Waals surface area contributed by atoms with Crippen molar-refractivity contribution in [1.82, 2.24) is 9.97 Å². The van der Waals surface area contributed by atoms with Crippen molar-refractivity contribution in [2.75, 3.05) is 11.1 Å². The Labute approximate surface area is 152 Å². The number of fused-ring (bicyclic) bond motifs is 2. The van der Waals surface area contributed by atoms with Crippen LogP contribution < -0.4 is 11.1 Å². The van der Waals surface area contributed by atoms with Gasteiger partial charge in [-0.1, -0.05) is 12.1 Å². The molecule has 0 atom stereocenters. The summed E-state index contributed by atoms with van der Waals surface area (Å²) in [7, 11) is 0. The summed E-state index contributed by atoms with van der Waals surface area (Å²) < 4.78 is 0. The number of nitrogens with two attached hydrogens (primary N) is 1. The van der Waals surface area contributed by atoms with Crippen molar-refractivity contribution in [1.29, 1.82) is 0 Å². The molecule has 5 nitrogen and oxygen atoms in total. The topological polar surface area (TPSA) is 80.9 Å². The van der Waals surface area contributed by atoms with Gasteiger partial charge in [0.15, 0.2) is 5.13 Å². The first-order valence-corrected chi connectivity index (χ1v) is 9.46. The Kier molecular flexibility index (Phi) is 3.70. The largest absolute Gasteiger partial charge is 0.397 e. The van der Waals surface area contributed by atoms with E-state index in [0.717, 1.165) is 32.4 Å². The summed E-state index contributed by atoms with van der Waals surface area (Å²) in [6.07, 6.45) is 0. The van der Waals surface area contributed by atoms with Crippen molar-refractivity contribution >= 4 is 60.5 Å². The Balaban J connectivity index is 1.82. The van der Waals surface area contributed by atoms with E-state index in [1.165, 1.54) is 28.2 Å². The van der Waals surface area contributed by atoms with Crippen molar-refractivity contribution in [3.63, 3.8) is 0 Å². The third-order valence-electron chi connectivity index (χ3n) is 4.26. The van der Waals surface area contributed by atoms with E-state index < -0.39 is 0 Å². The summed E-state index contributed by atoms with van der Waals surface area (Å²) in [5.41, 5.74) is 10.9. The molecule has 0 saturated heterocycles. The number of nitrogens with one attached hydrogen (secondary N) is 1. The number of nitrogen functional groups attached to an aromatic ring is 1. The van der Waals surface area contributed by atoms with Crippen molar-refractivity contribution in [2.45, 2.75) is 20.8 Å². The molecular formula is C18H16N4OS2. The predicted octanol–water partition coefficient (Wildman–Crippen LogP) is 4.67. The van der Waals surface area contributed by atoms with Gasteiger partial charge in [0.2, 0.25) is 0 Å². The molecule has 0 radical (unpaired) electrons. The van der Waals surface area contributed by atoms with Crippen molar-refractivity contribution in [3.05, 3.63) is 45.3 Å². The lowest BCUT2D eigenvalue weighted by molar-refractivity contribution is 0.103. The first kappa shape index (κ1) is 16.0. The van der Waals surface area contributed by atoms with Gasteiger partial charge in [0.25, 0.3) is 5.91 Å². The van der Waals surface area contributed by atoms with Gasteiger partial charge in [-0.2, -0.15) is 0 Å². The van der Waals surface area contributed by atoms with Crippen LogP contribution in [0, 0.1) is 20.8 Å². The van der Waals surface area contributed by atoms with E-state index in [0.29, 0.717) is 15.7 Å². The van der Waals surface area contributed by atoms with Crippen molar-refractivity contribution in [3.8, 4) is 0 Å². The monoisotopic (exact) mass is 368 g/mol. The smallest absolute Gasteiger partial charge is 0.269 e. The lowest BCUT2D eigenvalue weighted by Gasteiger charge is -2.05. The van der Waals surface area contributed by atoms with Gasteiger partial charge in [0, 0.05) is 16.2 Å². The first-order valence-electron chi connectivity index (χ1n) is 7.76. The summed E-state index contributed by atoms with van der Waals surface area (Å²) in [6, 6.07) is 6.13. The Morgan fingerprint density at radius 2 is 2.00 bits per heavy atom. The molecular weight excluding hydrogens is 352 g/mol. The zero-order valence-electron chi connectivity index (χ0n) is 14.0. The predicted molar refractivity (Wildman–Crippen MR) is 106 cm³/mol. The number of carbonyl (C=O) groups excluding carboxylic acids is 1. The SMILES string of the molecule is Cc1csc(NC(=O)c2sc3nc4c(C)c(C)ccc4cc3c2N)n1. The van der Waals surface area contributed by atoms with E-state index in [4.69, 9.17) is 10.7 Å². The second-order valence-electron chi connectivity index (χ2n) is 6.01. The van der Waals surface area contributed by atoms with Gasteiger partial charge >= 0.3 is 0 Å². The van der Waals surface area contributed by atoms with Crippen LogP contribution >= 0.6 is 22.7 Å². The van der Waals surface area contributed by atoms with E-state index in [9.17, 15) is 4.79 Å². The molecule has 0 aliphatic carbocycles. The standard InChI is InChI=1S/C18H16N4OS2/c1-8-4-5-11-6-12-13(19)15(25-17(12)21-14(11)10(8)3)16(23)22-18-20-9(2)7-24-18/h4-7H,19H2,1-3H3,(H,20,22,23). The van der Waals surface area contributed by atoms with Gasteiger partial charge < -0.3 is 5.73 Å². The molecule has 0 spiro atoms. The van der Waals surface area contributed by atoms with E-state index >= 15 is 0 Å². The minimum atomic E-state index is -0.244. The molecule has 1 amide bonds. The molecule has 0 bridgehead atoms. The fourth-order valence-electron chi connectivity index (χ4n) is 2.74. The van der Waals surface area contributed by atoms with Gasteiger partial charge in [-0.05, 0) is 38.0 Å². The minimum Gasteiger partial charge on any atom is -0.397 e. The normalized spacial score (nSPS) is 11.3. The van der Waals surface area contributed by atoms with E-state index in [1.54, 1.807) is 0 Å². The quantitative estimate of drug-likeness (QED) is 0.539.